The van der Waals surface area contributed by atoms with Gasteiger partial charge in [-0.25, -0.2) is 0 Å². The Morgan fingerprint density at radius 2 is 1.88 bits per heavy atom. The molecule has 138 valence electrons. The van der Waals surface area contributed by atoms with Gasteiger partial charge < -0.3 is 14.8 Å². The number of hydrogen-bond donors (Lipinski definition) is 1. The van der Waals surface area contributed by atoms with E-state index >= 15 is 0 Å². The summed E-state index contributed by atoms with van der Waals surface area (Å²) in [6.45, 7) is 1.99. The van der Waals surface area contributed by atoms with Gasteiger partial charge in [-0.2, -0.15) is 0 Å². The van der Waals surface area contributed by atoms with Crippen molar-refractivity contribution in [1.82, 2.24) is 5.32 Å². The van der Waals surface area contributed by atoms with Gasteiger partial charge >= 0.3 is 0 Å². The first-order chi connectivity index (χ1) is 12.5. The van der Waals surface area contributed by atoms with Crippen molar-refractivity contribution in [3.8, 4) is 11.5 Å². The van der Waals surface area contributed by atoms with E-state index in [-0.39, 0.29) is 11.7 Å². The number of amides is 1. The molecule has 0 bridgehead atoms. The van der Waals surface area contributed by atoms with Crippen molar-refractivity contribution >= 4 is 23.5 Å². The lowest BCUT2D eigenvalue weighted by Crippen LogP contribution is -2.24. The topological polar surface area (TPSA) is 64.6 Å². The number of hydrogen-bond acceptors (Lipinski definition) is 5. The maximum Gasteiger partial charge on any atom is 0.230 e. The predicted molar refractivity (Wildman–Crippen MR) is 104 cm³/mol. The van der Waals surface area contributed by atoms with E-state index in [1.165, 1.54) is 18.7 Å². The van der Waals surface area contributed by atoms with Crippen molar-refractivity contribution < 1.29 is 19.1 Å². The Bertz CT molecular complexity index is 776. The highest BCUT2D eigenvalue weighted by Gasteiger charge is 2.09. The van der Waals surface area contributed by atoms with E-state index in [0.717, 1.165) is 22.6 Å². The van der Waals surface area contributed by atoms with Gasteiger partial charge in [-0.05, 0) is 42.8 Å². The van der Waals surface area contributed by atoms with Crippen molar-refractivity contribution in [1.29, 1.82) is 0 Å². The maximum atomic E-state index is 12.0. The fraction of sp³-hybridized carbons (Fsp3) is 0.300. The van der Waals surface area contributed by atoms with Crippen molar-refractivity contribution in [2.24, 2.45) is 0 Å². The number of ether oxygens (including phenoxy) is 2. The first-order valence-corrected chi connectivity index (χ1v) is 9.34. The van der Waals surface area contributed by atoms with Gasteiger partial charge in [0.15, 0.2) is 5.78 Å². The number of nitrogens with one attached hydrogen (secondary N) is 1. The molecule has 0 atom stereocenters. The number of methoxy groups -OCH3 is 2. The molecule has 0 radical (unpaired) electrons. The van der Waals surface area contributed by atoms with E-state index in [4.69, 9.17) is 9.47 Å². The quantitative estimate of drug-likeness (QED) is 0.682. The zero-order valence-electron chi connectivity index (χ0n) is 15.2. The first kappa shape index (κ1) is 19.8. The molecule has 26 heavy (non-hydrogen) atoms. The van der Waals surface area contributed by atoms with Crippen molar-refractivity contribution in [3.05, 3.63) is 59.2 Å². The van der Waals surface area contributed by atoms with Crippen LogP contribution < -0.4 is 14.8 Å². The molecule has 0 unspecified atom stereocenters. The van der Waals surface area contributed by atoms with Crippen molar-refractivity contribution in [2.45, 2.75) is 19.2 Å². The van der Waals surface area contributed by atoms with Gasteiger partial charge in [-0.3, -0.25) is 9.59 Å². The molecule has 1 amide bonds. The number of carbonyl (C=O) groups is 2. The van der Waals surface area contributed by atoms with Crippen LogP contribution in [-0.4, -0.2) is 31.7 Å². The highest BCUT2D eigenvalue weighted by Crippen LogP contribution is 2.24. The summed E-state index contributed by atoms with van der Waals surface area (Å²) in [7, 11) is 3.21. The Hall–Kier alpha value is -2.47. The van der Waals surface area contributed by atoms with Gasteiger partial charge in [0, 0.05) is 23.4 Å². The summed E-state index contributed by atoms with van der Waals surface area (Å²) >= 11 is 1.48. The van der Waals surface area contributed by atoms with Gasteiger partial charge in [-0.1, -0.05) is 12.1 Å². The van der Waals surface area contributed by atoms with Crippen LogP contribution in [0.5, 0.6) is 11.5 Å². The Kier molecular flexibility index (Phi) is 7.53. The molecule has 5 nitrogen and oxygen atoms in total. The Morgan fingerprint density at radius 1 is 1.08 bits per heavy atom. The molecule has 2 rings (SSSR count). The summed E-state index contributed by atoms with van der Waals surface area (Å²) in [5.41, 5.74) is 2.54. The minimum absolute atomic E-state index is 0.00920. The highest BCUT2D eigenvalue weighted by molar-refractivity contribution is 7.99. The van der Waals surface area contributed by atoms with Gasteiger partial charge in [0.2, 0.25) is 5.91 Å². The normalized spacial score (nSPS) is 10.3. The average molecular weight is 373 g/mol. The number of Topliss-reactive ketones (excluding diaryl/α,β-unsaturated/α-hetero) is 1. The molecule has 6 heteroatoms. The van der Waals surface area contributed by atoms with Crippen LogP contribution in [0.25, 0.3) is 0 Å². The van der Waals surface area contributed by atoms with Gasteiger partial charge in [0.25, 0.3) is 0 Å². The molecular weight excluding hydrogens is 350 g/mol. The fourth-order valence-electron chi connectivity index (χ4n) is 2.40. The average Bonchev–Trinajstić information content (AvgIpc) is 2.66. The minimum Gasteiger partial charge on any atom is -0.497 e. The lowest BCUT2D eigenvalue weighted by atomic mass is 10.1. The first-order valence-electron chi connectivity index (χ1n) is 8.18. The summed E-state index contributed by atoms with van der Waals surface area (Å²) in [6.07, 6.45) is 0. The van der Waals surface area contributed by atoms with Gasteiger partial charge in [0.05, 0.1) is 20.0 Å². The van der Waals surface area contributed by atoms with Crippen LogP contribution in [0.15, 0.2) is 42.5 Å². The van der Waals surface area contributed by atoms with E-state index in [2.05, 4.69) is 5.32 Å². The van der Waals surface area contributed by atoms with E-state index in [9.17, 15) is 9.59 Å². The standard InChI is InChI=1S/C20H23NO4S/c1-14(22)16-7-8-19(25-3)17(10-16)12-26-13-20(23)21-11-15-5-4-6-18(9-15)24-2/h4-10H,11-13H2,1-3H3,(H,21,23). The van der Waals surface area contributed by atoms with E-state index in [0.29, 0.717) is 23.6 Å². The highest BCUT2D eigenvalue weighted by atomic mass is 32.2. The van der Waals surface area contributed by atoms with Crippen LogP contribution >= 0.6 is 11.8 Å². The number of carbonyl (C=O) groups excluding carboxylic acids is 2. The summed E-state index contributed by atoms with van der Waals surface area (Å²) in [5, 5.41) is 2.89. The zero-order valence-corrected chi connectivity index (χ0v) is 16.0. The molecule has 0 aromatic heterocycles. The monoisotopic (exact) mass is 373 g/mol. The molecule has 0 aliphatic heterocycles. The second-order valence-electron chi connectivity index (χ2n) is 5.70. The molecular formula is C20H23NO4S. The fourth-order valence-corrected chi connectivity index (χ4v) is 3.23. The molecule has 0 saturated heterocycles. The second kappa shape index (κ2) is 9.87. The van der Waals surface area contributed by atoms with E-state index in [1.54, 1.807) is 26.4 Å². The summed E-state index contributed by atoms with van der Waals surface area (Å²) in [6, 6.07) is 12.9. The van der Waals surface area contributed by atoms with Crippen molar-refractivity contribution in [3.63, 3.8) is 0 Å². The lowest BCUT2D eigenvalue weighted by molar-refractivity contribution is -0.118. The molecule has 2 aromatic rings. The van der Waals surface area contributed by atoms with Crippen LogP contribution in [0.1, 0.15) is 28.4 Å². The predicted octanol–water partition coefficient (Wildman–Crippen LogP) is 3.46. The van der Waals surface area contributed by atoms with Crippen LogP contribution in [0.3, 0.4) is 0 Å². The molecule has 0 aliphatic carbocycles. The molecule has 0 heterocycles. The SMILES string of the molecule is COc1cccc(CNC(=O)CSCc2cc(C(C)=O)ccc2OC)c1. The molecule has 2 aromatic carbocycles. The third-order valence-corrected chi connectivity index (χ3v) is 4.78. The number of benzene rings is 2. The Morgan fingerprint density at radius 3 is 2.58 bits per heavy atom. The van der Waals surface area contributed by atoms with E-state index in [1.807, 2.05) is 30.3 Å². The van der Waals surface area contributed by atoms with Gasteiger partial charge in [-0.15, -0.1) is 11.8 Å². The molecule has 0 spiro atoms. The second-order valence-corrected chi connectivity index (χ2v) is 6.69. The third-order valence-electron chi connectivity index (χ3n) is 3.80. The summed E-state index contributed by atoms with van der Waals surface area (Å²) < 4.78 is 10.5. The lowest BCUT2D eigenvalue weighted by Gasteiger charge is -2.10. The Labute approximate surface area is 158 Å². The third kappa shape index (κ3) is 5.81. The smallest absolute Gasteiger partial charge is 0.230 e. The summed E-state index contributed by atoms with van der Waals surface area (Å²) in [5.74, 6) is 2.38. The molecule has 1 N–H and O–H groups in total. The van der Waals surface area contributed by atoms with Gasteiger partial charge in [0.1, 0.15) is 11.5 Å². The zero-order chi connectivity index (χ0) is 18.9. The van der Waals surface area contributed by atoms with E-state index < -0.39 is 0 Å². The number of rotatable bonds is 9. The number of ketones is 1. The van der Waals surface area contributed by atoms with Crippen LogP contribution in [0.4, 0.5) is 0 Å². The molecule has 0 fully saturated rings. The van der Waals surface area contributed by atoms with Crippen LogP contribution in [-0.2, 0) is 17.1 Å². The molecule has 0 aliphatic rings. The Balaban J connectivity index is 1.84. The van der Waals surface area contributed by atoms with Crippen LogP contribution in [0, 0.1) is 0 Å². The maximum absolute atomic E-state index is 12.0. The number of thioether (sulfide) groups is 1. The van der Waals surface area contributed by atoms with Crippen molar-refractivity contribution in [2.75, 3.05) is 20.0 Å². The summed E-state index contributed by atoms with van der Waals surface area (Å²) in [4.78, 5) is 23.6. The minimum atomic E-state index is -0.0421. The van der Waals surface area contributed by atoms with Crippen LogP contribution in [0.2, 0.25) is 0 Å². The largest absolute Gasteiger partial charge is 0.497 e. The molecule has 0 saturated carbocycles.